The minimum atomic E-state index is -0.447. The molecule has 0 spiro atoms. The van der Waals surface area contributed by atoms with E-state index in [-0.39, 0.29) is 17.1 Å². The summed E-state index contributed by atoms with van der Waals surface area (Å²) in [5, 5.41) is 5.43. The SMILES string of the molecule is O=C1NCCCCC1NC(=O)C(Sc1ccccc1)c1ccccc1. The van der Waals surface area contributed by atoms with Crippen molar-refractivity contribution >= 4 is 23.6 Å². The number of nitrogens with one attached hydrogen (secondary N) is 2. The van der Waals surface area contributed by atoms with E-state index in [2.05, 4.69) is 10.6 Å². The van der Waals surface area contributed by atoms with Crippen molar-refractivity contribution in [1.29, 1.82) is 0 Å². The predicted molar refractivity (Wildman–Crippen MR) is 100 cm³/mol. The molecule has 2 atom stereocenters. The van der Waals surface area contributed by atoms with Gasteiger partial charge in [-0.15, -0.1) is 11.8 Å². The minimum absolute atomic E-state index is 0.0811. The number of hydrogen-bond acceptors (Lipinski definition) is 3. The molecule has 5 heteroatoms. The first-order valence-electron chi connectivity index (χ1n) is 8.59. The Hall–Kier alpha value is -2.27. The highest BCUT2D eigenvalue weighted by atomic mass is 32.2. The van der Waals surface area contributed by atoms with Crippen LogP contribution in [0.5, 0.6) is 0 Å². The van der Waals surface area contributed by atoms with Gasteiger partial charge < -0.3 is 10.6 Å². The monoisotopic (exact) mass is 354 g/mol. The average molecular weight is 354 g/mol. The standard InChI is InChI=1S/C20H22N2O2S/c23-19-17(13-7-8-14-21-19)22-20(24)18(15-9-3-1-4-10-15)25-16-11-5-2-6-12-16/h1-6,9-12,17-18H,7-8,13-14H2,(H,21,23)(H,22,24). The molecule has 2 aromatic carbocycles. The fourth-order valence-corrected chi connectivity index (χ4v) is 3.92. The van der Waals surface area contributed by atoms with Crippen LogP contribution >= 0.6 is 11.8 Å². The highest BCUT2D eigenvalue weighted by molar-refractivity contribution is 8.00. The van der Waals surface area contributed by atoms with E-state index < -0.39 is 6.04 Å². The first-order chi connectivity index (χ1) is 12.2. The number of amides is 2. The summed E-state index contributed by atoms with van der Waals surface area (Å²) in [7, 11) is 0. The molecule has 1 aliphatic rings. The van der Waals surface area contributed by atoms with Crippen molar-refractivity contribution in [2.45, 2.75) is 35.4 Å². The molecule has 1 heterocycles. The van der Waals surface area contributed by atoms with Crippen molar-refractivity contribution in [2.24, 2.45) is 0 Å². The molecule has 130 valence electrons. The van der Waals surface area contributed by atoms with Gasteiger partial charge in [-0.1, -0.05) is 48.5 Å². The maximum atomic E-state index is 13.0. The lowest BCUT2D eigenvalue weighted by Gasteiger charge is -2.21. The van der Waals surface area contributed by atoms with Crippen molar-refractivity contribution in [3.63, 3.8) is 0 Å². The van der Waals surface area contributed by atoms with Gasteiger partial charge in [-0.05, 0) is 37.0 Å². The lowest BCUT2D eigenvalue weighted by molar-refractivity contribution is -0.128. The van der Waals surface area contributed by atoms with Crippen molar-refractivity contribution < 1.29 is 9.59 Å². The maximum Gasteiger partial charge on any atom is 0.242 e. The van der Waals surface area contributed by atoms with Gasteiger partial charge in [0.05, 0.1) is 0 Å². The van der Waals surface area contributed by atoms with Crippen LogP contribution in [0.1, 0.15) is 30.1 Å². The Morgan fingerprint density at radius 3 is 2.44 bits per heavy atom. The zero-order valence-corrected chi connectivity index (χ0v) is 14.8. The van der Waals surface area contributed by atoms with E-state index in [0.29, 0.717) is 13.0 Å². The summed E-state index contributed by atoms with van der Waals surface area (Å²) in [5.74, 6) is -0.204. The van der Waals surface area contributed by atoms with Crippen LogP contribution in [0, 0.1) is 0 Å². The molecular weight excluding hydrogens is 332 g/mol. The van der Waals surface area contributed by atoms with Crippen LogP contribution < -0.4 is 10.6 Å². The molecule has 1 fully saturated rings. The Kier molecular flexibility index (Phi) is 6.12. The molecule has 1 saturated heterocycles. The molecule has 3 rings (SSSR count). The Morgan fingerprint density at radius 2 is 1.72 bits per heavy atom. The lowest BCUT2D eigenvalue weighted by Crippen LogP contribution is -2.46. The summed E-state index contributed by atoms with van der Waals surface area (Å²) in [4.78, 5) is 26.1. The van der Waals surface area contributed by atoms with E-state index in [4.69, 9.17) is 0 Å². The summed E-state index contributed by atoms with van der Waals surface area (Å²) >= 11 is 1.50. The van der Waals surface area contributed by atoms with Crippen LogP contribution in [0.4, 0.5) is 0 Å². The van der Waals surface area contributed by atoms with Gasteiger partial charge in [0.15, 0.2) is 0 Å². The Balaban J connectivity index is 1.78. The van der Waals surface area contributed by atoms with Crippen molar-refractivity contribution in [2.75, 3.05) is 6.54 Å². The predicted octanol–water partition coefficient (Wildman–Crippen LogP) is 3.30. The second-order valence-electron chi connectivity index (χ2n) is 6.07. The molecule has 2 amide bonds. The second kappa shape index (κ2) is 8.72. The third-order valence-electron chi connectivity index (χ3n) is 4.19. The summed E-state index contributed by atoms with van der Waals surface area (Å²) in [6.07, 6.45) is 2.58. The molecular formula is C20H22N2O2S. The van der Waals surface area contributed by atoms with Gasteiger partial charge in [0, 0.05) is 11.4 Å². The minimum Gasteiger partial charge on any atom is -0.354 e. The quantitative estimate of drug-likeness (QED) is 0.810. The number of thioether (sulfide) groups is 1. The van der Waals surface area contributed by atoms with Crippen LogP contribution in [0.15, 0.2) is 65.6 Å². The zero-order chi connectivity index (χ0) is 17.5. The maximum absolute atomic E-state index is 13.0. The molecule has 0 radical (unpaired) electrons. The van der Waals surface area contributed by atoms with Crippen molar-refractivity contribution in [1.82, 2.24) is 10.6 Å². The first kappa shape index (κ1) is 17.5. The van der Waals surface area contributed by atoms with E-state index in [0.717, 1.165) is 23.3 Å². The number of benzene rings is 2. The molecule has 2 unspecified atom stereocenters. The highest BCUT2D eigenvalue weighted by Gasteiger charge is 2.28. The Morgan fingerprint density at radius 1 is 1.04 bits per heavy atom. The van der Waals surface area contributed by atoms with Crippen LogP contribution in [-0.4, -0.2) is 24.4 Å². The van der Waals surface area contributed by atoms with Crippen molar-refractivity contribution in [3.05, 3.63) is 66.2 Å². The summed E-state index contributed by atoms with van der Waals surface area (Å²) in [6, 6.07) is 19.1. The van der Waals surface area contributed by atoms with E-state index >= 15 is 0 Å². The first-order valence-corrected chi connectivity index (χ1v) is 9.47. The topological polar surface area (TPSA) is 58.2 Å². The largest absolute Gasteiger partial charge is 0.354 e. The van der Waals surface area contributed by atoms with Gasteiger partial charge in [-0.25, -0.2) is 0 Å². The van der Waals surface area contributed by atoms with E-state index in [1.807, 2.05) is 60.7 Å². The van der Waals surface area contributed by atoms with Crippen molar-refractivity contribution in [3.8, 4) is 0 Å². The molecule has 0 aromatic heterocycles. The number of hydrogen-bond donors (Lipinski definition) is 2. The van der Waals surface area contributed by atoms with E-state index in [1.54, 1.807) is 0 Å². The van der Waals surface area contributed by atoms with E-state index in [1.165, 1.54) is 11.8 Å². The third kappa shape index (κ3) is 4.86. The lowest BCUT2D eigenvalue weighted by atomic mass is 10.1. The number of carbonyl (C=O) groups is 2. The molecule has 0 aliphatic carbocycles. The van der Waals surface area contributed by atoms with Gasteiger partial charge in [0.25, 0.3) is 0 Å². The molecule has 0 saturated carbocycles. The molecule has 4 nitrogen and oxygen atoms in total. The number of rotatable bonds is 5. The van der Waals surface area contributed by atoms with Gasteiger partial charge in [0.1, 0.15) is 11.3 Å². The fraction of sp³-hybridized carbons (Fsp3) is 0.300. The van der Waals surface area contributed by atoms with E-state index in [9.17, 15) is 9.59 Å². The fourth-order valence-electron chi connectivity index (χ4n) is 2.86. The highest BCUT2D eigenvalue weighted by Crippen LogP contribution is 2.35. The van der Waals surface area contributed by atoms with Crippen LogP contribution in [0.2, 0.25) is 0 Å². The van der Waals surface area contributed by atoms with Gasteiger partial charge in [-0.3, -0.25) is 9.59 Å². The zero-order valence-electron chi connectivity index (χ0n) is 14.0. The normalized spacial score (nSPS) is 18.7. The summed E-state index contributed by atoms with van der Waals surface area (Å²) < 4.78 is 0. The third-order valence-corrected chi connectivity index (χ3v) is 5.46. The smallest absolute Gasteiger partial charge is 0.242 e. The summed E-state index contributed by atoms with van der Waals surface area (Å²) in [5.41, 5.74) is 0.933. The molecule has 1 aliphatic heterocycles. The van der Waals surface area contributed by atoms with Gasteiger partial charge in [-0.2, -0.15) is 0 Å². The average Bonchev–Trinajstić information content (AvgIpc) is 2.86. The van der Waals surface area contributed by atoms with Gasteiger partial charge in [0.2, 0.25) is 11.8 Å². The second-order valence-corrected chi connectivity index (χ2v) is 7.25. The van der Waals surface area contributed by atoms with Crippen LogP contribution in [-0.2, 0) is 9.59 Å². The number of carbonyl (C=O) groups excluding carboxylic acids is 2. The molecule has 2 aromatic rings. The van der Waals surface area contributed by atoms with Crippen LogP contribution in [0.3, 0.4) is 0 Å². The van der Waals surface area contributed by atoms with Crippen LogP contribution in [0.25, 0.3) is 0 Å². The molecule has 0 bridgehead atoms. The van der Waals surface area contributed by atoms with Gasteiger partial charge >= 0.3 is 0 Å². The molecule has 25 heavy (non-hydrogen) atoms. The Labute approximate surface area is 152 Å². The Bertz CT molecular complexity index is 706. The summed E-state index contributed by atoms with van der Waals surface area (Å²) in [6.45, 7) is 0.687. The molecule has 2 N–H and O–H groups in total.